The fourth-order valence-corrected chi connectivity index (χ4v) is 2.61. The van der Waals surface area contributed by atoms with Gasteiger partial charge in [0.05, 0.1) is 11.2 Å². The van der Waals surface area contributed by atoms with E-state index in [1.54, 1.807) is 0 Å². The van der Waals surface area contributed by atoms with Crippen LogP contribution in [-0.4, -0.2) is 24.1 Å². The highest BCUT2D eigenvalue weighted by molar-refractivity contribution is 9.10. The molecule has 0 N–H and O–H groups in total. The second kappa shape index (κ2) is 5.88. The van der Waals surface area contributed by atoms with E-state index in [1.165, 1.54) is 0 Å². The number of benzene rings is 1. The van der Waals surface area contributed by atoms with E-state index in [2.05, 4.69) is 68.4 Å². The Morgan fingerprint density at radius 3 is 2.25 bits per heavy atom. The minimum Gasteiger partial charge on any atom is -0.400 e. The van der Waals surface area contributed by atoms with Gasteiger partial charge in [0.2, 0.25) is 0 Å². The molecule has 0 atom stereocenters. The van der Waals surface area contributed by atoms with Gasteiger partial charge in [-0.2, -0.15) is 12.6 Å². The van der Waals surface area contributed by atoms with E-state index >= 15 is 0 Å². The average Bonchev–Trinajstić information content (AvgIpc) is 2.57. The third-order valence-corrected chi connectivity index (χ3v) is 5.07. The van der Waals surface area contributed by atoms with Gasteiger partial charge in [-0.05, 0) is 44.8 Å². The van der Waals surface area contributed by atoms with Gasteiger partial charge >= 0.3 is 7.12 Å². The summed E-state index contributed by atoms with van der Waals surface area (Å²) in [5.41, 5.74) is 1.48. The van der Waals surface area contributed by atoms with E-state index in [0.717, 1.165) is 15.5 Å². The van der Waals surface area contributed by atoms with E-state index in [1.807, 2.05) is 18.2 Å². The summed E-state index contributed by atoms with van der Waals surface area (Å²) < 4.78 is 13.2. The lowest BCUT2D eigenvalue weighted by molar-refractivity contribution is 0.00578. The lowest BCUT2D eigenvalue weighted by Gasteiger charge is -2.32. The van der Waals surface area contributed by atoms with Crippen LogP contribution in [0.25, 0.3) is 6.08 Å². The number of hydrogen-bond donors (Lipinski definition) is 1. The van der Waals surface area contributed by atoms with Crippen molar-refractivity contribution in [3.63, 3.8) is 0 Å². The van der Waals surface area contributed by atoms with Crippen LogP contribution in [0.2, 0.25) is 0 Å². The molecule has 1 aromatic rings. The van der Waals surface area contributed by atoms with Crippen molar-refractivity contribution in [3.05, 3.63) is 39.8 Å². The Morgan fingerprint density at radius 2 is 1.75 bits per heavy atom. The molecule has 1 aromatic carbocycles. The first-order valence-electron chi connectivity index (χ1n) is 6.68. The van der Waals surface area contributed by atoms with Crippen LogP contribution in [-0.2, 0) is 9.31 Å². The van der Waals surface area contributed by atoms with Crippen molar-refractivity contribution in [1.29, 1.82) is 0 Å². The van der Waals surface area contributed by atoms with Crippen LogP contribution in [0.4, 0.5) is 0 Å². The van der Waals surface area contributed by atoms with Crippen molar-refractivity contribution >= 4 is 41.8 Å². The van der Waals surface area contributed by atoms with Gasteiger partial charge in [0.25, 0.3) is 0 Å². The third kappa shape index (κ3) is 3.16. The van der Waals surface area contributed by atoms with Crippen LogP contribution < -0.4 is 0 Å². The maximum absolute atomic E-state index is 6.07. The Morgan fingerprint density at radius 1 is 1.20 bits per heavy atom. The Kier molecular flexibility index (Phi) is 4.74. The van der Waals surface area contributed by atoms with Crippen molar-refractivity contribution < 1.29 is 9.31 Å². The van der Waals surface area contributed by atoms with Gasteiger partial charge in [0.1, 0.15) is 0 Å². The highest BCUT2D eigenvalue weighted by Crippen LogP contribution is 2.39. The summed E-state index contributed by atoms with van der Waals surface area (Å²) >= 11 is 7.98. The fourth-order valence-electron chi connectivity index (χ4n) is 1.97. The molecular formula is C15H20BBrO2S. The summed E-state index contributed by atoms with van der Waals surface area (Å²) in [5.74, 6) is 0.595. The van der Waals surface area contributed by atoms with E-state index < -0.39 is 0 Å². The average molecular weight is 355 g/mol. The van der Waals surface area contributed by atoms with Gasteiger partial charge in [-0.1, -0.05) is 40.2 Å². The predicted molar refractivity (Wildman–Crippen MR) is 92.1 cm³/mol. The maximum Gasteiger partial charge on any atom is 0.491 e. The largest absolute Gasteiger partial charge is 0.491 e. The first-order chi connectivity index (χ1) is 9.27. The van der Waals surface area contributed by atoms with Gasteiger partial charge < -0.3 is 9.31 Å². The standard InChI is InChI=1S/C15H20BBrO2S/c1-14(2)15(3,4)19-16(18-14)12(10-20)9-11-7-5-6-8-13(11)17/h5-9,20H,10H2,1-4H3. The molecule has 20 heavy (non-hydrogen) atoms. The Balaban J connectivity index is 2.29. The zero-order valence-corrected chi connectivity index (χ0v) is 14.8. The van der Waals surface area contributed by atoms with Crippen LogP contribution in [0.15, 0.2) is 34.2 Å². The monoisotopic (exact) mass is 354 g/mol. The van der Waals surface area contributed by atoms with Crippen molar-refractivity contribution in [2.45, 2.75) is 38.9 Å². The zero-order chi connectivity index (χ0) is 15.0. The summed E-state index contributed by atoms with van der Waals surface area (Å²) in [6.45, 7) is 8.23. The van der Waals surface area contributed by atoms with Crippen LogP contribution in [0, 0.1) is 0 Å². The van der Waals surface area contributed by atoms with Gasteiger partial charge in [-0.15, -0.1) is 0 Å². The highest BCUT2D eigenvalue weighted by Gasteiger charge is 2.52. The Bertz CT molecular complexity index is 512. The molecular weight excluding hydrogens is 335 g/mol. The minimum absolute atomic E-state index is 0.326. The lowest BCUT2D eigenvalue weighted by Crippen LogP contribution is -2.41. The van der Waals surface area contributed by atoms with Crippen molar-refractivity contribution in [1.82, 2.24) is 0 Å². The number of rotatable bonds is 3. The molecule has 0 bridgehead atoms. The second-order valence-corrected chi connectivity index (χ2v) is 7.16. The molecule has 2 rings (SSSR count). The molecule has 0 saturated carbocycles. The van der Waals surface area contributed by atoms with Crippen molar-refractivity contribution in [3.8, 4) is 0 Å². The summed E-state index contributed by atoms with van der Waals surface area (Å²) in [4.78, 5) is 0. The highest BCUT2D eigenvalue weighted by atomic mass is 79.9. The second-order valence-electron chi connectivity index (χ2n) is 5.99. The molecule has 1 aliphatic rings. The molecule has 1 fully saturated rings. The molecule has 0 radical (unpaired) electrons. The summed E-state index contributed by atoms with van der Waals surface area (Å²) in [5, 5.41) is 0. The quantitative estimate of drug-likeness (QED) is 0.640. The SMILES string of the molecule is CC1(C)OB(C(=Cc2ccccc2Br)CS)OC1(C)C. The predicted octanol–water partition coefficient (Wildman–Crippen LogP) is 4.39. The van der Waals surface area contributed by atoms with E-state index in [0.29, 0.717) is 5.75 Å². The van der Waals surface area contributed by atoms with Crippen LogP contribution in [0.1, 0.15) is 33.3 Å². The fraction of sp³-hybridized carbons (Fsp3) is 0.467. The molecule has 1 aliphatic heterocycles. The zero-order valence-electron chi connectivity index (χ0n) is 12.3. The van der Waals surface area contributed by atoms with Crippen LogP contribution >= 0.6 is 28.6 Å². The summed E-state index contributed by atoms with van der Waals surface area (Å²) in [6, 6.07) is 8.08. The molecule has 0 aliphatic carbocycles. The van der Waals surface area contributed by atoms with Gasteiger partial charge in [-0.3, -0.25) is 0 Å². The van der Waals surface area contributed by atoms with Crippen molar-refractivity contribution in [2.75, 3.05) is 5.75 Å². The molecule has 0 aromatic heterocycles. The normalized spacial score (nSPS) is 21.3. The first kappa shape index (κ1) is 16.2. The molecule has 1 heterocycles. The van der Waals surface area contributed by atoms with E-state index in [4.69, 9.17) is 9.31 Å². The molecule has 5 heteroatoms. The molecule has 1 saturated heterocycles. The van der Waals surface area contributed by atoms with Crippen molar-refractivity contribution in [2.24, 2.45) is 0 Å². The molecule has 0 amide bonds. The molecule has 108 valence electrons. The minimum atomic E-state index is -0.343. The lowest BCUT2D eigenvalue weighted by atomic mass is 9.78. The number of hydrogen-bond acceptors (Lipinski definition) is 3. The van der Waals surface area contributed by atoms with E-state index in [9.17, 15) is 0 Å². The van der Waals surface area contributed by atoms with Gasteiger partial charge in [0.15, 0.2) is 0 Å². The smallest absolute Gasteiger partial charge is 0.400 e. The van der Waals surface area contributed by atoms with Gasteiger partial charge in [-0.25, -0.2) is 0 Å². The third-order valence-electron chi connectivity index (χ3n) is 3.98. The summed E-state index contributed by atoms with van der Waals surface area (Å²) in [6.07, 6.45) is 2.08. The summed E-state index contributed by atoms with van der Waals surface area (Å²) in [7, 11) is -0.343. The maximum atomic E-state index is 6.07. The Hall–Kier alpha value is -0.225. The number of thiol groups is 1. The van der Waals surface area contributed by atoms with Crippen LogP contribution in [0.5, 0.6) is 0 Å². The van der Waals surface area contributed by atoms with E-state index in [-0.39, 0.29) is 18.3 Å². The molecule has 0 unspecified atom stereocenters. The number of halogens is 1. The van der Waals surface area contributed by atoms with Crippen LogP contribution in [0.3, 0.4) is 0 Å². The topological polar surface area (TPSA) is 18.5 Å². The molecule has 0 spiro atoms. The Labute approximate surface area is 135 Å². The first-order valence-corrected chi connectivity index (χ1v) is 8.11. The van der Waals surface area contributed by atoms with Gasteiger partial charge in [0, 0.05) is 10.2 Å². The molecule has 2 nitrogen and oxygen atoms in total.